The van der Waals surface area contributed by atoms with Crippen molar-refractivity contribution < 1.29 is 0 Å². The molecular weight excluding hydrogens is 599 g/mol. The van der Waals surface area contributed by atoms with Crippen LogP contribution in [0.3, 0.4) is 0 Å². The molecule has 0 bridgehead atoms. The molecule has 0 aliphatic heterocycles. The standard InChI is InChI=1S/C44H25N5/c1-2-11-26(12-3-1)47-37-19-8-4-13-28(37)30-22-21-27(23-39(30)47)48-38-20-9-5-14-29(38)33-24-34-31-15-10-16-32-42-44(46-36-18-7-6-17-35(36)45-42)49(43(31)32)41(34)25-40(33)48/h1-25H. The van der Waals surface area contributed by atoms with E-state index in [-0.39, 0.29) is 0 Å². The Morgan fingerprint density at radius 1 is 0.347 bits per heavy atom. The second-order valence-corrected chi connectivity index (χ2v) is 13.1. The molecule has 0 saturated carbocycles. The van der Waals surface area contributed by atoms with Crippen LogP contribution in [0.25, 0.3) is 104 Å². The Hall–Kier alpha value is -6.72. The number of para-hydroxylation sites is 6. The van der Waals surface area contributed by atoms with Gasteiger partial charge < -0.3 is 9.13 Å². The minimum Gasteiger partial charge on any atom is -0.309 e. The summed E-state index contributed by atoms with van der Waals surface area (Å²) in [5.41, 5.74) is 13.0. The van der Waals surface area contributed by atoms with Crippen molar-refractivity contribution in [3.63, 3.8) is 0 Å². The van der Waals surface area contributed by atoms with Crippen LogP contribution in [0.2, 0.25) is 0 Å². The van der Waals surface area contributed by atoms with Gasteiger partial charge in [-0.2, -0.15) is 0 Å². The van der Waals surface area contributed by atoms with Gasteiger partial charge in [-0.05, 0) is 60.7 Å². The third-order valence-corrected chi connectivity index (χ3v) is 10.5. The van der Waals surface area contributed by atoms with E-state index in [0.29, 0.717) is 0 Å². The highest BCUT2D eigenvalue weighted by Gasteiger charge is 2.23. The molecule has 0 radical (unpaired) electrons. The fourth-order valence-electron chi connectivity index (χ4n) is 8.50. The number of hydrogen-bond acceptors (Lipinski definition) is 2. The fourth-order valence-corrected chi connectivity index (χ4v) is 8.50. The maximum absolute atomic E-state index is 5.21. The third-order valence-electron chi connectivity index (χ3n) is 10.5. The molecule has 0 unspecified atom stereocenters. The van der Waals surface area contributed by atoms with E-state index in [1.807, 2.05) is 18.2 Å². The van der Waals surface area contributed by atoms with Gasteiger partial charge in [-0.3, -0.25) is 4.40 Å². The molecule has 5 heterocycles. The van der Waals surface area contributed by atoms with Crippen molar-refractivity contribution >= 4 is 93.0 Å². The van der Waals surface area contributed by atoms with Crippen molar-refractivity contribution in [1.82, 2.24) is 23.5 Å². The van der Waals surface area contributed by atoms with Crippen molar-refractivity contribution in [1.29, 1.82) is 0 Å². The molecule has 0 amide bonds. The lowest BCUT2D eigenvalue weighted by molar-refractivity contribution is 1.15. The van der Waals surface area contributed by atoms with Gasteiger partial charge in [0.25, 0.3) is 0 Å². The SMILES string of the molecule is c1ccc(-n2c3ccccc3c3ccc(-n4c5ccccc5c5cc6c7cccc8c9nc%10ccccc%10nc9n(c6cc54)c78)cc32)cc1. The number of hydrogen-bond donors (Lipinski definition) is 0. The van der Waals surface area contributed by atoms with E-state index < -0.39 is 0 Å². The summed E-state index contributed by atoms with van der Waals surface area (Å²) in [6.07, 6.45) is 0. The molecule has 0 atom stereocenters. The summed E-state index contributed by atoms with van der Waals surface area (Å²) in [4.78, 5) is 10.3. The number of aromatic nitrogens is 5. The highest BCUT2D eigenvalue weighted by atomic mass is 15.0. The van der Waals surface area contributed by atoms with E-state index in [0.717, 1.165) is 44.5 Å². The monoisotopic (exact) mass is 623 g/mol. The van der Waals surface area contributed by atoms with Crippen molar-refractivity contribution in [2.75, 3.05) is 0 Å². The lowest BCUT2D eigenvalue weighted by atomic mass is 10.1. The first kappa shape index (κ1) is 25.4. The molecule has 7 aromatic carbocycles. The topological polar surface area (TPSA) is 40.0 Å². The number of nitrogens with zero attached hydrogens (tertiary/aromatic N) is 5. The first-order valence-electron chi connectivity index (χ1n) is 16.7. The molecule has 5 heteroatoms. The van der Waals surface area contributed by atoms with Crippen molar-refractivity contribution in [3.8, 4) is 11.4 Å². The molecule has 226 valence electrons. The lowest BCUT2D eigenvalue weighted by Gasteiger charge is -2.11. The number of fused-ring (bicyclic) bond motifs is 13. The average molecular weight is 624 g/mol. The zero-order chi connectivity index (χ0) is 31.8. The zero-order valence-corrected chi connectivity index (χ0v) is 26.2. The molecule has 12 rings (SSSR count). The molecule has 0 saturated heterocycles. The van der Waals surface area contributed by atoms with Gasteiger partial charge in [0.15, 0.2) is 5.65 Å². The van der Waals surface area contributed by atoms with Crippen LogP contribution >= 0.6 is 0 Å². The molecular formula is C44H25N5. The molecule has 49 heavy (non-hydrogen) atoms. The van der Waals surface area contributed by atoms with Crippen LogP contribution in [0, 0.1) is 0 Å². The van der Waals surface area contributed by atoms with Gasteiger partial charge in [0, 0.05) is 49.1 Å². The first-order chi connectivity index (χ1) is 24.3. The summed E-state index contributed by atoms with van der Waals surface area (Å²) < 4.78 is 7.17. The quantitative estimate of drug-likeness (QED) is 0.192. The van der Waals surface area contributed by atoms with Crippen LogP contribution in [0.1, 0.15) is 0 Å². The van der Waals surface area contributed by atoms with Gasteiger partial charge in [0.1, 0.15) is 5.52 Å². The van der Waals surface area contributed by atoms with E-state index in [4.69, 9.17) is 9.97 Å². The summed E-state index contributed by atoms with van der Waals surface area (Å²) in [7, 11) is 0. The van der Waals surface area contributed by atoms with Crippen molar-refractivity contribution in [3.05, 3.63) is 152 Å². The maximum Gasteiger partial charge on any atom is 0.165 e. The molecule has 5 nitrogen and oxygen atoms in total. The van der Waals surface area contributed by atoms with Gasteiger partial charge in [-0.15, -0.1) is 0 Å². The Bertz CT molecular complexity index is 3330. The molecule has 12 aromatic rings. The van der Waals surface area contributed by atoms with Crippen LogP contribution in [0.15, 0.2) is 152 Å². The number of rotatable bonds is 2. The third kappa shape index (κ3) is 3.19. The summed E-state index contributed by atoms with van der Waals surface area (Å²) in [6.45, 7) is 0. The van der Waals surface area contributed by atoms with Crippen LogP contribution in [-0.2, 0) is 0 Å². The normalized spacial score (nSPS) is 12.5. The first-order valence-corrected chi connectivity index (χ1v) is 16.7. The Morgan fingerprint density at radius 3 is 1.76 bits per heavy atom. The molecule has 5 aromatic heterocycles. The largest absolute Gasteiger partial charge is 0.309 e. The Balaban J connectivity index is 1.23. The zero-order valence-electron chi connectivity index (χ0n) is 26.2. The predicted molar refractivity (Wildman–Crippen MR) is 203 cm³/mol. The van der Waals surface area contributed by atoms with Crippen molar-refractivity contribution in [2.45, 2.75) is 0 Å². The summed E-state index contributed by atoms with van der Waals surface area (Å²) in [6, 6.07) is 54.6. The van der Waals surface area contributed by atoms with Crippen LogP contribution < -0.4 is 0 Å². The highest BCUT2D eigenvalue weighted by Crippen LogP contribution is 2.43. The van der Waals surface area contributed by atoms with E-state index in [1.165, 1.54) is 59.9 Å². The van der Waals surface area contributed by atoms with Crippen LogP contribution in [-0.4, -0.2) is 23.5 Å². The summed E-state index contributed by atoms with van der Waals surface area (Å²) >= 11 is 0. The smallest absolute Gasteiger partial charge is 0.165 e. The van der Waals surface area contributed by atoms with E-state index in [1.54, 1.807) is 0 Å². The Kier molecular flexibility index (Phi) is 4.66. The number of benzene rings is 7. The lowest BCUT2D eigenvalue weighted by Crippen LogP contribution is -1.97. The minimum atomic E-state index is 0.899. The van der Waals surface area contributed by atoms with Crippen LogP contribution in [0.4, 0.5) is 0 Å². The van der Waals surface area contributed by atoms with E-state index in [2.05, 4.69) is 147 Å². The molecule has 0 aliphatic carbocycles. The maximum atomic E-state index is 5.21. The molecule has 0 aliphatic rings. The minimum absolute atomic E-state index is 0.899. The van der Waals surface area contributed by atoms with Gasteiger partial charge in [-0.25, -0.2) is 9.97 Å². The molecule has 0 spiro atoms. The van der Waals surface area contributed by atoms with Crippen molar-refractivity contribution in [2.24, 2.45) is 0 Å². The summed E-state index contributed by atoms with van der Waals surface area (Å²) in [5, 5.41) is 8.56. The highest BCUT2D eigenvalue weighted by molar-refractivity contribution is 6.25. The van der Waals surface area contributed by atoms with Gasteiger partial charge in [-0.1, -0.05) is 91.0 Å². The average Bonchev–Trinajstić information content (AvgIpc) is 3.87. The van der Waals surface area contributed by atoms with E-state index in [9.17, 15) is 0 Å². The molecule has 0 N–H and O–H groups in total. The predicted octanol–water partition coefficient (Wildman–Crippen LogP) is 11.0. The molecule has 0 fully saturated rings. The summed E-state index contributed by atoms with van der Waals surface area (Å²) in [5.74, 6) is 0. The van der Waals surface area contributed by atoms with Gasteiger partial charge in [0.2, 0.25) is 0 Å². The Labute approximate surface area is 278 Å². The second-order valence-electron chi connectivity index (χ2n) is 13.1. The Morgan fingerprint density at radius 2 is 0.939 bits per heavy atom. The van der Waals surface area contributed by atoms with Gasteiger partial charge in [0.05, 0.1) is 44.1 Å². The van der Waals surface area contributed by atoms with E-state index >= 15 is 0 Å². The fraction of sp³-hybridized carbons (Fsp3) is 0. The van der Waals surface area contributed by atoms with Gasteiger partial charge >= 0.3 is 0 Å². The van der Waals surface area contributed by atoms with Crippen LogP contribution in [0.5, 0.6) is 0 Å². The second kappa shape index (κ2) is 9.00.